The second-order valence-corrected chi connectivity index (χ2v) is 13.6. The lowest BCUT2D eigenvalue weighted by Gasteiger charge is -2.30. The molecule has 15 nitrogen and oxygen atoms in total. The minimum absolute atomic E-state index is 0.0241. The number of sulfonamides is 1. The molecule has 0 bridgehead atoms. The minimum atomic E-state index is -3.25. The van der Waals surface area contributed by atoms with E-state index >= 15 is 0 Å². The van der Waals surface area contributed by atoms with E-state index in [2.05, 4.69) is 25.4 Å². The van der Waals surface area contributed by atoms with Crippen LogP contribution in [0.2, 0.25) is 0 Å². The van der Waals surface area contributed by atoms with Gasteiger partial charge < -0.3 is 24.1 Å². The zero-order chi connectivity index (χ0) is 30.4. The lowest BCUT2D eigenvalue weighted by molar-refractivity contribution is -0.165. The number of hydrogen-bond acceptors (Lipinski definition) is 13. The van der Waals surface area contributed by atoms with Gasteiger partial charge in [0.15, 0.2) is 47.3 Å². The fraction of sp³-hybridized carbons (Fsp3) is 0.615. The largest absolute Gasteiger partial charge is 0.455 e. The second-order valence-electron chi connectivity index (χ2n) is 11.6. The number of esters is 2. The van der Waals surface area contributed by atoms with Gasteiger partial charge in [0.1, 0.15) is 6.33 Å². The van der Waals surface area contributed by atoms with Gasteiger partial charge >= 0.3 is 11.9 Å². The molecule has 4 atom stereocenters. The first-order valence-corrected chi connectivity index (χ1v) is 15.4. The Bertz CT molecular complexity index is 1570. The summed E-state index contributed by atoms with van der Waals surface area (Å²) < 4.78 is 50.1. The molecule has 2 aliphatic heterocycles. The van der Waals surface area contributed by atoms with Crippen molar-refractivity contribution in [1.29, 1.82) is 0 Å². The van der Waals surface area contributed by atoms with Crippen LogP contribution in [0.4, 0.5) is 5.82 Å². The molecule has 0 saturated carbocycles. The molecule has 228 valence electrons. The van der Waals surface area contributed by atoms with Crippen molar-refractivity contribution in [3.05, 3.63) is 30.2 Å². The van der Waals surface area contributed by atoms with Crippen molar-refractivity contribution in [3.8, 4) is 0 Å². The number of imidazole rings is 1. The predicted molar refractivity (Wildman–Crippen MR) is 148 cm³/mol. The SMILES string of the molecule is CC(=O)O[C@@H]1[C@H](OC(C)=O)[C@@H](c2cc(C(C)(C)C)no2)O[C@H]1n1cnc2c(NC3CCN(S(C)(=O)=O)CC3)ncnc21. The van der Waals surface area contributed by atoms with Gasteiger partial charge in [-0.3, -0.25) is 14.2 Å². The van der Waals surface area contributed by atoms with E-state index in [1.807, 2.05) is 20.8 Å². The maximum absolute atomic E-state index is 12.2. The van der Waals surface area contributed by atoms with Crippen LogP contribution in [0.25, 0.3) is 11.2 Å². The van der Waals surface area contributed by atoms with Gasteiger partial charge in [-0.15, -0.1) is 0 Å². The van der Waals surface area contributed by atoms with Crippen molar-refractivity contribution < 1.29 is 36.7 Å². The number of ether oxygens (including phenoxy) is 3. The molecule has 0 aliphatic carbocycles. The number of rotatable bonds is 7. The Labute approximate surface area is 243 Å². The van der Waals surface area contributed by atoms with E-state index < -0.39 is 46.5 Å². The number of nitrogens with one attached hydrogen (secondary N) is 1. The first-order valence-electron chi connectivity index (χ1n) is 13.6. The van der Waals surface area contributed by atoms with Crippen LogP contribution in [-0.4, -0.2) is 86.9 Å². The first-order chi connectivity index (χ1) is 19.7. The molecule has 0 spiro atoms. The Morgan fingerprint density at radius 1 is 1.05 bits per heavy atom. The van der Waals surface area contributed by atoms with E-state index in [1.165, 1.54) is 37.1 Å². The first kappa shape index (κ1) is 29.8. The van der Waals surface area contributed by atoms with Gasteiger partial charge in [-0.2, -0.15) is 0 Å². The third-order valence-corrected chi connectivity index (χ3v) is 8.57. The Balaban J connectivity index is 1.46. The zero-order valence-electron chi connectivity index (χ0n) is 24.3. The zero-order valence-corrected chi connectivity index (χ0v) is 25.1. The standard InChI is InChI=1S/C26H35N7O8S/c1-14(34)38-21-20(17-11-18(31-41-17)26(3,4)5)40-25(22(21)39-15(2)35)33-13-29-19-23(27-12-28-24(19)33)30-16-7-9-32(10-8-16)42(6,36)37/h11-13,16,20-22,25H,7-10H2,1-6H3,(H,27,28,30)/t20-,21-,22-,25-/m1/s1. The number of aromatic nitrogens is 5. The van der Waals surface area contributed by atoms with Gasteiger partial charge in [-0.1, -0.05) is 25.9 Å². The highest BCUT2D eigenvalue weighted by Gasteiger charge is 2.53. The van der Waals surface area contributed by atoms with Crippen LogP contribution in [0.5, 0.6) is 0 Å². The number of piperidine rings is 1. The summed E-state index contributed by atoms with van der Waals surface area (Å²) in [6.45, 7) is 9.26. The van der Waals surface area contributed by atoms with Gasteiger partial charge in [0, 0.05) is 44.5 Å². The molecule has 0 unspecified atom stereocenters. The summed E-state index contributed by atoms with van der Waals surface area (Å²) in [7, 11) is -3.25. The number of fused-ring (bicyclic) bond motifs is 1. The summed E-state index contributed by atoms with van der Waals surface area (Å²) in [4.78, 5) is 37.6. The fourth-order valence-electron chi connectivity index (χ4n) is 5.18. The van der Waals surface area contributed by atoms with Crippen LogP contribution >= 0.6 is 0 Å². The highest BCUT2D eigenvalue weighted by Crippen LogP contribution is 2.44. The maximum atomic E-state index is 12.2. The van der Waals surface area contributed by atoms with Crippen LogP contribution < -0.4 is 5.32 Å². The predicted octanol–water partition coefficient (Wildman–Crippen LogP) is 2.08. The highest BCUT2D eigenvalue weighted by molar-refractivity contribution is 7.88. The third kappa shape index (κ3) is 6.10. The molecule has 42 heavy (non-hydrogen) atoms. The van der Waals surface area contributed by atoms with Gasteiger partial charge in [-0.05, 0) is 12.8 Å². The van der Waals surface area contributed by atoms with E-state index in [9.17, 15) is 18.0 Å². The molecule has 3 aromatic rings. The van der Waals surface area contributed by atoms with Crippen LogP contribution in [0, 0.1) is 0 Å². The summed E-state index contributed by atoms with van der Waals surface area (Å²) in [5.41, 5.74) is 1.19. The molecular formula is C26H35N7O8S. The Morgan fingerprint density at radius 3 is 2.31 bits per heavy atom. The van der Waals surface area contributed by atoms with Crippen molar-refractivity contribution in [3.63, 3.8) is 0 Å². The number of hydrogen-bond donors (Lipinski definition) is 1. The second kappa shape index (κ2) is 11.2. The van der Waals surface area contributed by atoms with E-state index in [0.29, 0.717) is 54.4 Å². The third-order valence-electron chi connectivity index (χ3n) is 7.27. The molecule has 3 aromatic heterocycles. The van der Waals surface area contributed by atoms with Crippen molar-refractivity contribution in [1.82, 2.24) is 29.0 Å². The number of carbonyl (C=O) groups is 2. The molecular weight excluding hydrogens is 570 g/mol. The fourth-order valence-corrected chi connectivity index (χ4v) is 6.05. The van der Waals surface area contributed by atoms with E-state index in [1.54, 1.807) is 10.6 Å². The quantitative estimate of drug-likeness (QED) is 0.387. The van der Waals surface area contributed by atoms with Crippen molar-refractivity contribution >= 4 is 38.9 Å². The Morgan fingerprint density at radius 2 is 1.71 bits per heavy atom. The van der Waals surface area contributed by atoms with Crippen LogP contribution in [0.1, 0.15) is 71.2 Å². The van der Waals surface area contributed by atoms with Crippen LogP contribution in [-0.2, 0) is 39.2 Å². The molecule has 5 rings (SSSR count). The Kier molecular flexibility index (Phi) is 7.98. The van der Waals surface area contributed by atoms with E-state index in [-0.39, 0.29) is 11.5 Å². The monoisotopic (exact) mass is 605 g/mol. The molecule has 1 N–H and O–H groups in total. The highest BCUT2D eigenvalue weighted by atomic mass is 32.2. The molecule has 2 fully saturated rings. The molecule has 5 heterocycles. The van der Waals surface area contributed by atoms with Crippen LogP contribution in [0.15, 0.2) is 23.2 Å². The summed E-state index contributed by atoms with van der Waals surface area (Å²) in [5.74, 6) is -0.404. The summed E-state index contributed by atoms with van der Waals surface area (Å²) in [6, 6.07) is 1.71. The average Bonchev–Trinajstić information content (AvgIpc) is 3.62. The van der Waals surface area contributed by atoms with Gasteiger partial charge in [0.25, 0.3) is 0 Å². The van der Waals surface area contributed by atoms with Crippen LogP contribution in [0.3, 0.4) is 0 Å². The average molecular weight is 606 g/mol. The van der Waals surface area contributed by atoms with E-state index in [4.69, 9.17) is 18.7 Å². The summed E-state index contributed by atoms with van der Waals surface area (Å²) in [5, 5.41) is 7.53. The molecule has 2 saturated heterocycles. The molecule has 2 aliphatic rings. The normalized spacial score (nSPS) is 24.1. The van der Waals surface area contributed by atoms with Gasteiger partial charge in [0.2, 0.25) is 10.0 Å². The maximum Gasteiger partial charge on any atom is 0.303 e. The molecule has 0 amide bonds. The minimum Gasteiger partial charge on any atom is -0.455 e. The summed E-state index contributed by atoms with van der Waals surface area (Å²) >= 11 is 0. The topological polar surface area (TPSA) is 181 Å². The van der Waals surface area contributed by atoms with Gasteiger partial charge in [-0.25, -0.2) is 27.7 Å². The van der Waals surface area contributed by atoms with E-state index in [0.717, 1.165) is 0 Å². The lowest BCUT2D eigenvalue weighted by Crippen LogP contribution is -2.41. The lowest BCUT2D eigenvalue weighted by atomic mass is 9.92. The molecule has 0 aromatic carbocycles. The smallest absolute Gasteiger partial charge is 0.303 e. The van der Waals surface area contributed by atoms with Crippen molar-refractivity contribution in [2.45, 2.75) is 83.5 Å². The van der Waals surface area contributed by atoms with Gasteiger partial charge in [0.05, 0.1) is 18.3 Å². The number of nitrogens with zero attached hydrogens (tertiary/aromatic N) is 6. The number of anilines is 1. The molecule has 16 heteroatoms. The van der Waals surface area contributed by atoms with Crippen molar-refractivity contribution in [2.24, 2.45) is 0 Å². The molecule has 0 radical (unpaired) electrons. The number of carbonyl (C=O) groups excluding carboxylic acids is 2. The Hall–Kier alpha value is -3.63. The van der Waals surface area contributed by atoms with Crippen molar-refractivity contribution in [2.75, 3.05) is 24.7 Å². The summed E-state index contributed by atoms with van der Waals surface area (Å²) in [6.07, 6.45) is 1.22.